The van der Waals surface area contributed by atoms with Crippen molar-refractivity contribution in [2.24, 2.45) is 0 Å². The maximum atomic E-state index is 11.2. The summed E-state index contributed by atoms with van der Waals surface area (Å²) in [5, 5.41) is 22.0. The van der Waals surface area contributed by atoms with Gasteiger partial charge in [-0.3, -0.25) is 20.2 Å². The van der Waals surface area contributed by atoms with Crippen LogP contribution in [0.2, 0.25) is 0 Å². The Morgan fingerprint density at radius 3 is 1.92 bits per heavy atom. The smallest absolute Gasteiger partial charge is 0.283 e. The normalized spacial score (nSPS) is 10.6. The first-order chi connectivity index (χ1) is 12.4. The zero-order chi connectivity index (χ0) is 19.3. The Hall–Kier alpha value is -3.62. The SMILES string of the molecule is COc1cc(/C=C/c2ccc([N+](=O)[O-])cc2[N+](=O)[O-])cc(OC)c1OC. The van der Waals surface area contributed by atoms with Crippen LogP contribution >= 0.6 is 0 Å². The molecule has 0 N–H and O–H groups in total. The highest BCUT2D eigenvalue weighted by molar-refractivity contribution is 5.76. The number of rotatable bonds is 7. The molecule has 0 spiro atoms. The van der Waals surface area contributed by atoms with Crippen molar-refractivity contribution >= 4 is 23.5 Å². The molecule has 0 atom stereocenters. The molecule has 0 radical (unpaired) electrons. The fourth-order valence-corrected chi connectivity index (χ4v) is 2.33. The summed E-state index contributed by atoms with van der Waals surface area (Å²) >= 11 is 0. The molecule has 0 aliphatic heterocycles. The molecule has 9 heteroatoms. The lowest BCUT2D eigenvalue weighted by Gasteiger charge is -2.12. The summed E-state index contributed by atoms with van der Waals surface area (Å²) in [6, 6.07) is 6.81. The molecule has 2 aromatic carbocycles. The third kappa shape index (κ3) is 3.89. The molecule has 0 amide bonds. The van der Waals surface area contributed by atoms with Crippen LogP contribution < -0.4 is 14.2 Å². The van der Waals surface area contributed by atoms with Crippen molar-refractivity contribution in [3.8, 4) is 17.2 Å². The van der Waals surface area contributed by atoms with Crippen LogP contribution in [0.25, 0.3) is 12.2 Å². The predicted molar refractivity (Wildman–Crippen MR) is 94.8 cm³/mol. The van der Waals surface area contributed by atoms with Gasteiger partial charge in [0.15, 0.2) is 11.5 Å². The number of hydrogen-bond donors (Lipinski definition) is 0. The van der Waals surface area contributed by atoms with Crippen LogP contribution in [-0.4, -0.2) is 31.2 Å². The lowest BCUT2D eigenvalue weighted by Crippen LogP contribution is -1.96. The molecule has 0 fully saturated rings. The number of benzene rings is 2. The lowest BCUT2D eigenvalue weighted by molar-refractivity contribution is -0.394. The van der Waals surface area contributed by atoms with E-state index in [1.165, 1.54) is 39.5 Å². The van der Waals surface area contributed by atoms with Gasteiger partial charge < -0.3 is 14.2 Å². The molecule has 0 saturated carbocycles. The maximum absolute atomic E-state index is 11.2. The van der Waals surface area contributed by atoms with Crippen molar-refractivity contribution in [1.82, 2.24) is 0 Å². The third-order valence-electron chi connectivity index (χ3n) is 3.56. The van der Waals surface area contributed by atoms with Gasteiger partial charge in [0.2, 0.25) is 5.75 Å². The number of nitro groups is 2. The first-order valence-corrected chi connectivity index (χ1v) is 7.32. The van der Waals surface area contributed by atoms with Crippen molar-refractivity contribution in [1.29, 1.82) is 0 Å². The maximum Gasteiger partial charge on any atom is 0.283 e. The van der Waals surface area contributed by atoms with Gasteiger partial charge in [-0.2, -0.15) is 0 Å². The lowest BCUT2D eigenvalue weighted by atomic mass is 10.1. The average molecular weight is 360 g/mol. The first-order valence-electron chi connectivity index (χ1n) is 7.32. The van der Waals surface area contributed by atoms with E-state index in [0.29, 0.717) is 22.8 Å². The van der Waals surface area contributed by atoms with Gasteiger partial charge in [-0.05, 0) is 29.8 Å². The Kier molecular flexibility index (Phi) is 5.74. The summed E-state index contributed by atoms with van der Waals surface area (Å²) in [6.07, 6.45) is 3.10. The molecular weight excluding hydrogens is 344 g/mol. The van der Waals surface area contributed by atoms with Crippen LogP contribution in [0.5, 0.6) is 17.2 Å². The molecule has 0 aliphatic carbocycles. The van der Waals surface area contributed by atoms with E-state index in [2.05, 4.69) is 0 Å². The van der Waals surface area contributed by atoms with E-state index in [4.69, 9.17) is 14.2 Å². The van der Waals surface area contributed by atoms with Crippen LogP contribution in [0.15, 0.2) is 30.3 Å². The van der Waals surface area contributed by atoms with Gasteiger partial charge >= 0.3 is 0 Å². The standard InChI is InChI=1S/C17H16N2O7/c1-24-15-8-11(9-16(25-2)17(15)26-3)4-5-12-6-7-13(18(20)21)10-14(12)19(22)23/h4-10H,1-3H3/b5-4+. The quantitative estimate of drug-likeness (QED) is 0.420. The minimum Gasteiger partial charge on any atom is -0.493 e. The van der Waals surface area contributed by atoms with Crippen molar-refractivity contribution < 1.29 is 24.1 Å². The van der Waals surface area contributed by atoms with E-state index in [9.17, 15) is 20.2 Å². The molecule has 136 valence electrons. The number of methoxy groups -OCH3 is 3. The minimum atomic E-state index is -0.681. The molecule has 0 bridgehead atoms. The zero-order valence-corrected chi connectivity index (χ0v) is 14.3. The number of hydrogen-bond acceptors (Lipinski definition) is 7. The average Bonchev–Trinajstić information content (AvgIpc) is 2.64. The summed E-state index contributed by atoms with van der Waals surface area (Å²) in [7, 11) is 4.44. The highest BCUT2D eigenvalue weighted by atomic mass is 16.6. The Balaban J connectivity index is 2.47. The molecular formula is C17H16N2O7. The topological polar surface area (TPSA) is 114 Å². The molecule has 9 nitrogen and oxygen atoms in total. The molecule has 2 rings (SSSR count). The highest BCUT2D eigenvalue weighted by Crippen LogP contribution is 2.38. The van der Waals surface area contributed by atoms with Crippen molar-refractivity contribution in [3.63, 3.8) is 0 Å². The Bertz CT molecular complexity index is 852. The second-order valence-corrected chi connectivity index (χ2v) is 5.05. The molecule has 0 unspecified atom stereocenters. The van der Waals surface area contributed by atoms with Crippen LogP contribution in [0.1, 0.15) is 11.1 Å². The van der Waals surface area contributed by atoms with E-state index in [1.807, 2.05) is 0 Å². The van der Waals surface area contributed by atoms with Crippen LogP contribution in [-0.2, 0) is 0 Å². The molecule has 0 heterocycles. The van der Waals surface area contributed by atoms with Gasteiger partial charge in [0.25, 0.3) is 11.4 Å². The predicted octanol–water partition coefficient (Wildman–Crippen LogP) is 3.70. The van der Waals surface area contributed by atoms with Crippen LogP contribution in [0, 0.1) is 20.2 Å². The summed E-state index contributed by atoms with van der Waals surface area (Å²) in [5.74, 6) is 1.29. The minimum absolute atomic E-state index is 0.231. The van der Waals surface area contributed by atoms with Gasteiger partial charge in [-0.25, -0.2) is 0 Å². The van der Waals surface area contributed by atoms with E-state index < -0.39 is 9.85 Å². The zero-order valence-electron chi connectivity index (χ0n) is 14.3. The van der Waals surface area contributed by atoms with E-state index in [1.54, 1.807) is 18.2 Å². The van der Waals surface area contributed by atoms with Crippen LogP contribution in [0.3, 0.4) is 0 Å². The molecule has 2 aromatic rings. The van der Waals surface area contributed by atoms with E-state index in [0.717, 1.165) is 6.07 Å². The van der Waals surface area contributed by atoms with Gasteiger partial charge in [-0.1, -0.05) is 6.08 Å². The molecule has 0 saturated heterocycles. The van der Waals surface area contributed by atoms with E-state index in [-0.39, 0.29) is 16.9 Å². The highest BCUT2D eigenvalue weighted by Gasteiger charge is 2.18. The monoisotopic (exact) mass is 360 g/mol. The first kappa shape index (κ1) is 18.7. The molecule has 0 aromatic heterocycles. The Morgan fingerprint density at radius 1 is 0.846 bits per heavy atom. The fraction of sp³-hybridized carbons (Fsp3) is 0.176. The van der Waals surface area contributed by atoms with Gasteiger partial charge in [0.1, 0.15) is 0 Å². The number of non-ortho nitro benzene ring substituents is 1. The van der Waals surface area contributed by atoms with Gasteiger partial charge in [0, 0.05) is 6.07 Å². The summed E-state index contributed by atoms with van der Waals surface area (Å²) in [4.78, 5) is 20.6. The number of nitro benzene ring substituents is 2. The number of nitrogens with zero attached hydrogens (tertiary/aromatic N) is 2. The van der Waals surface area contributed by atoms with Crippen molar-refractivity contribution in [2.75, 3.05) is 21.3 Å². The third-order valence-corrected chi connectivity index (χ3v) is 3.56. The van der Waals surface area contributed by atoms with E-state index >= 15 is 0 Å². The second kappa shape index (κ2) is 7.97. The fourth-order valence-electron chi connectivity index (χ4n) is 2.33. The Labute approximate surface area is 148 Å². The summed E-state index contributed by atoms with van der Waals surface area (Å²) in [6.45, 7) is 0. The van der Waals surface area contributed by atoms with Gasteiger partial charge in [-0.15, -0.1) is 0 Å². The van der Waals surface area contributed by atoms with Gasteiger partial charge in [0.05, 0.1) is 42.8 Å². The Morgan fingerprint density at radius 2 is 1.46 bits per heavy atom. The summed E-state index contributed by atoms with van der Waals surface area (Å²) in [5.41, 5.74) is 0.172. The van der Waals surface area contributed by atoms with Crippen molar-refractivity contribution in [2.45, 2.75) is 0 Å². The second-order valence-electron chi connectivity index (χ2n) is 5.05. The van der Waals surface area contributed by atoms with Crippen LogP contribution in [0.4, 0.5) is 11.4 Å². The molecule has 26 heavy (non-hydrogen) atoms. The van der Waals surface area contributed by atoms with Crippen molar-refractivity contribution in [3.05, 3.63) is 61.7 Å². The summed E-state index contributed by atoms with van der Waals surface area (Å²) < 4.78 is 15.7. The number of ether oxygens (including phenoxy) is 3. The molecule has 0 aliphatic rings. The largest absolute Gasteiger partial charge is 0.493 e.